The second kappa shape index (κ2) is 8.95. The summed E-state index contributed by atoms with van der Waals surface area (Å²) in [5, 5.41) is 2.89. The quantitative estimate of drug-likeness (QED) is 0.664. The van der Waals surface area contributed by atoms with E-state index < -0.39 is 15.6 Å². The fourth-order valence-corrected chi connectivity index (χ4v) is 4.25. The number of amides is 1. The zero-order valence-corrected chi connectivity index (χ0v) is 19.7. The Morgan fingerprint density at radius 2 is 1.57 bits per heavy atom. The first-order chi connectivity index (χ1) is 14.0. The van der Waals surface area contributed by atoms with Gasteiger partial charge in [-0.2, -0.15) is 4.31 Å². The van der Waals surface area contributed by atoms with Gasteiger partial charge in [-0.1, -0.05) is 15.9 Å². The molecule has 0 bridgehead atoms. The summed E-state index contributed by atoms with van der Waals surface area (Å²) in [6, 6.07) is 14.9. The predicted molar refractivity (Wildman–Crippen MR) is 123 cm³/mol. The molecule has 0 aromatic heterocycles. The summed E-state index contributed by atoms with van der Waals surface area (Å²) in [5.74, 6) is 0.363. The molecule has 1 aliphatic rings. The van der Waals surface area contributed by atoms with E-state index in [0.717, 1.165) is 10.2 Å². The normalized spacial score (nSPS) is 15.7. The maximum atomic E-state index is 12.7. The van der Waals surface area contributed by atoms with Crippen molar-refractivity contribution in [2.24, 2.45) is 0 Å². The number of halogens is 1. The lowest BCUT2D eigenvalue weighted by Crippen LogP contribution is -2.48. The van der Waals surface area contributed by atoms with Crippen LogP contribution < -0.4 is 15.0 Å². The van der Waals surface area contributed by atoms with E-state index in [1.54, 1.807) is 26.0 Å². The molecule has 1 heterocycles. The molecule has 3 rings (SSSR count). The number of hydrogen-bond donors (Lipinski definition) is 1. The molecule has 30 heavy (non-hydrogen) atoms. The van der Waals surface area contributed by atoms with Crippen molar-refractivity contribution in [3.8, 4) is 5.75 Å². The summed E-state index contributed by atoms with van der Waals surface area (Å²) >= 11 is 3.38. The number of anilines is 2. The van der Waals surface area contributed by atoms with Gasteiger partial charge in [0.2, 0.25) is 10.0 Å². The zero-order valence-electron chi connectivity index (χ0n) is 17.3. The lowest BCUT2D eigenvalue weighted by Gasteiger charge is -2.34. The third-order valence-electron chi connectivity index (χ3n) is 4.93. The average Bonchev–Trinajstić information content (AvgIpc) is 2.69. The minimum absolute atomic E-state index is 0.250. The van der Waals surface area contributed by atoms with Crippen LogP contribution in [0.25, 0.3) is 0 Å². The van der Waals surface area contributed by atoms with Crippen molar-refractivity contribution in [3.05, 3.63) is 53.0 Å². The topological polar surface area (TPSA) is 79.0 Å². The van der Waals surface area contributed by atoms with Crippen molar-refractivity contribution >= 4 is 43.2 Å². The molecule has 1 fully saturated rings. The second-order valence-corrected chi connectivity index (χ2v) is 10.6. The third kappa shape index (κ3) is 5.74. The molecule has 0 unspecified atom stereocenters. The fourth-order valence-electron chi connectivity index (χ4n) is 3.16. The van der Waals surface area contributed by atoms with Crippen molar-refractivity contribution < 1.29 is 17.9 Å². The molecule has 162 valence electrons. The van der Waals surface area contributed by atoms with E-state index in [0.29, 0.717) is 37.6 Å². The molecule has 1 aliphatic heterocycles. The van der Waals surface area contributed by atoms with E-state index in [-0.39, 0.29) is 5.91 Å². The van der Waals surface area contributed by atoms with E-state index in [1.165, 1.54) is 10.6 Å². The van der Waals surface area contributed by atoms with Crippen LogP contribution >= 0.6 is 15.9 Å². The van der Waals surface area contributed by atoms with E-state index in [2.05, 4.69) is 26.1 Å². The van der Waals surface area contributed by atoms with Crippen molar-refractivity contribution in [2.45, 2.75) is 19.4 Å². The Hall–Kier alpha value is -2.10. The Labute approximate surface area is 186 Å². The van der Waals surface area contributed by atoms with Crippen molar-refractivity contribution in [3.63, 3.8) is 0 Å². The molecule has 2 aromatic rings. The molecular formula is C21H26BrN3O4S. The lowest BCUT2D eigenvalue weighted by molar-refractivity contribution is -0.128. The van der Waals surface area contributed by atoms with Crippen LogP contribution in [0.2, 0.25) is 0 Å². The SMILES string of the molecule is CC(C)(Oc1ccc(Br)cc1)C(=O)Nc1ccc(N2CCN(S(C)(=O)=O)CC2)cc1. The largest absolute Gasteiger partial charge is 0.478 e. The summed E-state index contributed by atoms with van der Waals surface area (Å²) in [4.78, 5) is 14.8. The van der Waals surface area contributed by atoms with Gasteiger partial charge in [-0.3, -0.25) is 4.79 Å². The van der Waals surface area contributed by atoms with Crippen LogP contribution in [0.3, 0.4) is 0 Å². The summed E-state index contributed by atoms with van der Waals surface area (Å²) in [5.41, 5.74) is 0.617. The number of carbonyl (C=O) groups is 1. The van der Waals surface area contributed by atoms with Crippen LogP contribution in [0.5, 0.6) is 5.75 Å². The summed E-state index contributed by atoms with van der Waals surface area (Å²) in [6.45, 7) is 5.65. The van der Waals surface area contributed by atoms with Crippen molar-refractivity contribution in [1.82, 2.24) is 4.31 Å². The molecular weight excluding hydrogens is 470 g/mol. The van der Waals surface area contributed by atoms with Gasteiger partial charge < -0.3 is 15.0 Å². The highest BCUT2D eigenvalue weighted by atomic mass is 79.9. The first-order valence-corrected chi connectivity index (χ1v) is 12.2. The second-order valence-electron chi connectivity index (χ2n) is 7.72. The summed E-state index contributed by atoms with van der Waals surface area (Å²) in [7, 11) is -3.15. The highest BCUT2D eigenvalue weighted by molar-refractivity contribution is 9.10. The molecule has 9 heteroatoms. The van der Waals surface area contributed by atoms with Gasteiger partial charge in [0.25, 0.3) is 5.91 Å². The number of hydrogen-bond acceptors (Lipinski definition) is 5. The number of carbonyl (C=O) groups excluding carboxylic acids is 1. The van der Waals surface area contributed by atoms with E-state index in [1.807, 2.05) is 36.4 Å². The number of sulfonamides is 1. The smallest absolute Gasteiger partial charge is 0.267 e. The molecule has 0 spiro atoms. The van der Waals surface area contributed by atoms with E-state index in [9.17, 15) is 13.2 Å². The minimum Gasteiger partial charge on any atom is -0.478 e. The molecule has 7 nitrogen and oxygen atoms in total. The minimum atomic E-state index is -3.15. The Kier molecular flexibility index (Phi) is 6.74. The van der Waals surface area contributed by atoms with E-state index >= 15 is 0 Å². The van der Waals surface area contributed by atoms with Crippen LogP contribution in [0.4, 0.5) is 11.4 Å². The van der Waals surface area contributed by atoms with Gasteiger partial charge in [-0.05, 0) is 62.4 Å². The Bertz CT molecular complexity index is 984. The molecule has 1 N–H and O–H groups in total. The zero-order chi connectivity index (χ0) is 21.9. The fraction of sp³-hybridized carbons (Fsp3) is 0.381. The maximum Gasteiger partial charge on any atom is 0.267 e. The monoisotopic (exact) mass is 495 g/mol. The number of piperazine rings is 1. The first-order valence-electron chi connectivity index (χ1n) is 9.61. The van der Waals surface area contributed by atoms with Crippen LogP contribution in [0.1, 0.15) is 13.8 Å². The van der Waals surface area contributed by atoms with Crippen LogP contribution in [0.15, 0.2) is 53.0 Å². The number of nitrogens with zero attached hydrogens (tertiary/aromatic N) is 2. The lowest BCUT2D eigenvalue weighted by atomic mass is 10.1. The molecule has 0 aliphatic carbocycles. The van der Waals surface area contributed by atoms with Crippen LogP contribution in [-0.2, 0) is 14.8 Å². The van der Waals surface area contributed by atoms with Gasteiger partial charge in [-0.25, -0.2) is 8.42 Å². The number of rotatable bonds is 6. The summed E-state index contributed by atoms with van der Waals surface area (Å²) < 4.78 is 31.6. The molecule has 0 saturated carbocycles. The van der Waals surface area contributed by atoms with Gasteiger partial charge in [-0.15, -0.1) is 0 Å². The standard InChI is InChI=1S/C21H26BrN3O4S/c1-21(2,29-19-10-4-16(22)5-11-19)20(26)23-17-6-8-18(9-7-17)24-12-14-25(15-13-24)30(3,27)28/h4-11H,12-15H2,1-3H3,(H,23,26). The van der Waals surface area contributed by atoms with Gasteiger partial charge in [0.15, 0.2) is 5.60 Å². The molecule has 2 aromatic carbocycles. The molecule has 1 amide bonds. The van der Waals surface area contributed by atoms with Gasteiger partial charge >= 0.3 is 0 Å². The van der Waals surface area contributed by atoms with Gasteiger partial charge in [0.05, 0.1) is 6.26 Å². The number of nitrogens with one attached hydrogen (secondary N) is 1. The Morgan fingerprint density at radius 3 is 2.10 bits per heavy atom. The average molecular weight is 496 g/mol. The van der Waals surface area contributed by atoms with Crippen LogP contribution in [-0.4, -0.2) is 56.7 Å². The van der Waals surface area contributed by atoms with Crippen molar-refractivity contribution in [2.75, 3.05) is 42.7 Å². The van der Waals surface area contributed by atoms with Crippen molar-refractivity contribution in [1.29, 1.82) is 0 Å². The number of ether oxygens (including phenoxy) is 1. The predicted octanol–water partition coefficient (Wildman–Crippen LogP) is 3.33. The van der Waals surface area contributed by atoms with Crippen LogP contribution in [0, 0.1) is 0 Å². The highest BCUT2D eigenvalue weighted by Crippen LogP contribution is 2.24. The number of benzene rings is 2. The molecule has 0 atom stereocenters. The molecule has 0 radical (unpaired) electrons. The molecule has 1 saturated heterocycles. The summed E-state index contributed by atoms with van der Waals surface area (Å²) in [6.07, 6.45) is 1.24. The third-order valence-corrected chi connectivity index (χ3v) is 6.76. The highest BCUT2D eigenvalue weighted by Gasteiger charge is 2.30. The van der Waals surface area contributed by atoms with Gasteiger partial charge in [0, 0.05) is 42.0 Å². The first kappa shape index (κ1) is 22.6. The Morgan fingerprint density at radius 1 is 1.00 bits per heavy atom. The van der Waals surface area contributed by atoms with E-state index in [4.69, 9.17) is 4.74 Å². The Balaban J connectivity index is 1.58. The van der Waals surface area contributed by atoms with Gasteiger partial charge in [0.1, 0.15) is 5.75 Å². The maximum absolute atomic E-state index is 12.7.